The van der Waals surface area contributed by atoms with Crippen LogP contribution in [0.3, 0.4) is 0 Å². The molecule has 2 heterocycles. The molecule has 3 atom stereocenters. The Bertz CT molecular complexity index is 1930. The molecule has 55 heavy (non-hydrogen) atoms. The van der Waals surface area contributed by atoms with Crippen LogP contribution in [0.1, 0.15) is 80.0 Å². The summed E-state index contributed by atoms with van der Waals surface area (Å²) in [7, 11) is -3.07. The Morgan fingerprint density at radius 2 is 1.53 bits per heavy atom. The molecule has 10 nitrogen and oxygen atoms in total. The van der Waals surface area contributed by atoms with Crippen molar-refractivity contribution in [1.29, 1.82) is 0 Å². The lowest BCUT2D eigenvalue weighted by atomic mass is 9.85. The largest absolute Gasteiger partial charge is 0.534 e. The van der Waals surface area contributed by atoms with Crippen molar-refractivity contribution in [2.75, 3.05) is 6.54 Å². The Morgan fingerprint density at radius 3 is 2.04 bits per heavy atom. The zero-order chi connectivity index (χ0) is 40.3. The van der Waals surface area contributed by atoms with E-state index in [9.17, 15) is 19.5 Å². The number of β-amino-alcohol motifs (C(OH)–C–C–N with tert-alkyl or cyclic N) is 1. The number of likely N-dealkylation sites (tertiary alicyclic amines) is 1. The minimum absolute atomic E-state index is 0.0371. The number of hydrogen-bond donors (Lipinski definition) is 3. The Balaban J connectivity index is 1.50. The fourth-order valence-corrected chi connectivity index (χ4v) is 12.4. The van der Waals surface area contributed by atoms with Crippen molar-refractivity contribution in [3.05, 3.63) is 95.6 Å². The van der Waals surface area contributed by atoms with Gasteiger partial charge in [0.1, 0.15) is 23.4 Å². The van der Waals surface area contributed by atoms with Crippen molar-refractivity contribution < 1.29 is 28.7 Å². The first-order valence-electron chi connectivity index (χ1n) is 18.8. The number of aryl methyl sites for hydroxylation is 1. The molecule has 1 aromatic heterocycles. The first-order valence-corrected chi connectivity index (χ1v) is 21.6. The van der Waals surface area contributed by atoms with Crippen LogP contribution in [0.15, 0.2) is 84.4 Å². The average Bonchev–Trinajstić information content (AvgIpc) is 3.72. The van der Waals surface area contributed by atoms with E-state index in [-0.39, 0.29) is 24.5 Å². The summed E-state index contributed by atoms with van der Waals surface area (Å²) in [5, 5.41) is 18.5. The maximum atomic E-state index is 14.1. The Morgan fingerprint density at radius 1 is 0.927 bits per heavy atom. The molecule has 0 radical (unpaired) electrons. The number of aliphatic hydroxyl groups is 1. The van der Waals surface area contributed by atoms with Crippen LogP contribution in [0.2, 0.25) is 5.04 Å². The van der Waals surface area contributed by atoms with E-state index >= 15 is 0 Å². The second-order valence-electron chi connectivity index (χ2n) is 17.4. The third kappa shape index (κ3) is 9.48. The monoisotopic (exact) mass is 784 g/mol. The molecule has 294 valence electrons. The molecule has 0 aliphatic carbocycles. The minimum atomic E-state index is -3.07. The number of rotatable bonds is 10. The van der Waals surface area contributed by atoms with E-state index in [0.29, 0.717) is 5.75 Å². The summed E-state index contributed by atoms with van der Waals surface area (Å²) in [4.78, 5) is 47.9. The number of nitrogens with zero attached hydrogens (tertiary/aromatic N) is 2. The summed E-state index contributed by atoms with van der Waals surface area (Å²) in [6.07, 6.45) is -1.57. The van der Waals surface area contributed by atoms with Gasteiger partial charge in [-0.2, -0.15) is 0 Å². The summed E-state index contributed by atoms with van der Waals surface area (Å²) in [5.74, 6) is -0.225. The van der Waals surface area contributed by atoms with E-state index < -0.39 is 55.4 Å². The SMILES string of the molecule is Cc1ncsc1-c1ccc(CNC(=O)[C@@H]2C[C@@H](O)CN2C(=O)[C@@H](NC(=O)OC(C)(C)C)C(C)(C)C)c(O[Si](c2ccccc2)(c2ccccc2)C(C)(C)C)c1. The number of carbonyl (C=O) groups is 3. The van der Waals surface area contributed by atoms with Gasteiger partial charge in [0.05, 0.1) is 22.2 Å². The molecule has 0 unspecified atom stereocenters. The number of carbonyl (C=O) groups excluding carboxylic acids is 3. The van der Waals surface area contributed by atoms with Gasteiger partial charge in [-0.05, 0) is 60.2 Å². The van der Waals surface area contributed by atoms with Gasteiger partial charge in [-0.3, -0.25) is 9.59 Å². The van der Waals surface area contributed by atoms with Crippen LogP contribution in [0.4, 0.5) is 4.79 Å². The van der Waals surface area contributed by atoms with Crippen LogP contribution < -0.4 is 25.4 Å². The predicted molar refractivity (Wildman–Crippen MR) is 221 cm³/mol. The van der Waals surface area contributed by atoms with Gasteiger partial charge in [0.15, 0.2) is 0 Å². The van der Waals surface area contributed by atoms with E-state index in [1.165, 1.54) is 4.90 Å². The fourth-order valence-electron chi connectivity index (χ4n) is 7.18. The molecule has 3 amide bonds. The van der Waals surface area contributed by atoms with Crippen molar-refractivity contribution in [3.63, 3.8) is 0 Å². The molecule has 3 aromatic carbocycles. The van der Waals surface area contributed by atoms with Gasteiger partial charge in [0, 0.05) is 25.1 Å². The fraction of sp³-hybridized carbons (Fsp3) is 0.442. The summed E-state index contributed by atoms with van der Waals surface area (Å²) >= 11 is 1.56. The van der Waals surface area contributed by atoms with Crippen LogP contribution in [0.5, 0.6) is 5.75 Å². The third-order valence-corrected chi connectivity index (χ3v) is 15.8. The van der Waals surface area contributed by atoms with Crippen molar-refractivity contribution in [2.45, 2.75) is 111 Å². The maximum absolute atomic E-state index is 14.1. The second-order valence-corrected chi connectivity index (χ2v) is 22.5. The Hall–Kier alpha value is -4.52. The molecule has 3 N–H and O–H groups in total. The molecular formula is C43H56N4O6SSi. The second kappa shape index (κ2) is 16.3. The lowest BCUT2D eigenvalue weighted by Gasteiger charge is -2.43. The summed E-state index contributed by atoms with van der Waals surface area (Å²) in [6.45, 7) is 19.5. The number of alkyl carbamates (subject to hydrolysis) is 1. The number of aromatic nitrogens is 1. The Kier molecular flexibility index (Phi) is 12.3. The zero-order valence-electron chi connectivity index (χ0n) is 33.7. The highest BCUT2D eigenvalue weighted by Gasteiger charge is 2.52. The highest BCUT2D eigenvalue weighted by molar-refractivity contribution is 7.13. The molecule has 1 aliphatic rings. The standard InChI is InChI=1S/C43H56N4O6SSi/c1-28-36(54-27-45-28)29-21-22-30(35(23-29)53-55(43(8,9)10,32-17-13-11-14-18-32)33-19-15-12-16-20-33)25-44-38(49)34-24-31(48)26-47(34)39(50)37(41(2,3)4)46-40(51)52-42(5,6)7/h11-23,27,31,34,37,48H,24-26H2,1-10H3,(H,44,49)(H,46,51)/t31-,34+,37-/m1/s1. The number of nitrogens with one attached hydrogen (secondary N) is 2. The van der Waals surface area contributed by atoms with Gasteiger partial charge in [-0.25, -0.2) is 9.78 Å². The summed E-state index contributed by atoms with van der Waals surface area (Å²) in [6, 6.07) is 24.9. The summed E-state index contributed by atoms with van der Waals surface area (Å²) < 4.78 is 13.0. The predicted octanol–water partition coefficient (Wildman–Crippen LogP) is 6.57. The van der Waals surface area contributed by atoms with Gasteiger partial charge in [0.25, 0.3) is 0 Å². The molecule has 0 saturated carbocycles. The van der Waals surface area contributed by atoms with Gasteiger partial charge >= 0.3 is 14.4 Å². The number of aliphatic hydroxyl groups excluding tert-OH is 1. The maximum Gasteiger partial charge on any atom is 0.408 e. The third-order valence-electron chi connectivity index (χ3n) is 9.85. The van der Waals surface area contributed by atoms with Crippen molar-refractivity contribution in [3.8, 4) is 16.2 Å². The first-order chi connectivity index (χ1) is 25.7. The van der Waals surface area contributed by atoms with Crippen LogP contribution in [-0.2, 0) is 20.9 Å². The van der Waals surface area contributed by atoms with E-state index in [0.717, 1.165) is 32.1 Å². The van der Waals surface area contributed by atoms with Crippen molar-refractivity contribution in [2.24, 2.45) is 5.41 Å². The highest BCUT2D eigenvalue weighted by atomic mass is 32.1. The molecular weight excluding hydrogens is 729 g/mol. The molecule has 1 saturated heterocycles. The number of ether oxygens (including phenoxy) is 1. The topological polar surface area (TPSA) is 130 Å². The van der Waals surface area contributed by atoms with E-state index in [1.54, 1.807) is 32.1 Å². The van der Waals surface area contributed by atoms with Gasteiger partial charge < -0.3 is 29.8 Å². The van der Waals surface area contributed by atoms with Gasteiger partial charge in [-0.1, -0.05) is 114 Å². The average molecular weight is 785 g/mol. The number of hydrogen-bond acceptors (Lipinski definition) is 8. The molecule has 1 aliphatic heterocycles. The van der Waals surface area contributed by atoms with Gasteiger partial charge in [-0.15, -0.1) is 11.3 Å². The number of amides is 3. The molecule has 4 aromatic rings. The van der Waals surface area contributed by atoms with Crippen LogP contribution in [-0.4, -0.2) is 71.5 Å². The molecule has 12 heteroatoms. The lowest BCUT2D eigenvalue weighted by Crippen LogP contribution is -2.69. The highest BCUT2D eigenvalue weighted by Crippen LogP contribution is 2.40. The lowest BCUT2D eigenvalue weighted by molar-refractivity contribution is -0.142. The Labute approximate surface area is 330 Å². The van der Waals surface area contributed by atoms with E-state index in [4.69, 9.17) is 9.16 Å². The quantitative estimate of drug-likeness (QED) is 0.155. The molecule has 0 spiro atoms. The minimum Gasteiger partial charge on any atom is -0.534 e. The van der Waals surface area contributed by atoms with Crippen molar-refractivity contribution in [1.82, 2.24) is 20.5 Å². The van der Waals surface area contributed by atoms with Crippen LogP contribution in [0, 0.1) is 12.3 Å². The smallest absolute Gasteiger partial charge is 0.408 e. The number of thiazole rings is 1. The van der Waals surface area contributed by atoms with Crippen LogP contribution in [0.25, 0.3) is 10.4 Å². The van der Waals surface area contributed by atoms with E-state index in [2.05, 4.69) is 60.7 Å². The van der Waals surface area contributed by atoms with Crippen molar-refractivity contribution >= 4 is 47.9 Å². The number of benzene rings is 3. The summed E-state index contributed by atoms with van der Waals surface area (Å²) in [5.41, 5.74) is 3.00. The first kappa shape index (κ1) is 41.6. The van der Waals surface area contributed by atoms with Gasteiger partial charge in [0.2, 0.25) is 11.8 Å². The van der Waals surface area contributed by atoms with E-state index in [1.807, 2.05) is 87.8 Å². The molecule has 1 fully saturated rings. The van der Waals surface area contributed by atoms with Crippen LogP contribution >= 0.6 is 11.3 Å². The molecule has 0 bridgehead atoms. The normalized spacial score (nSPS) is 17.0. The zero-order valence-corrected chi connectivity index (χ0v) is 35.5. The molecule has 5 rings (SSSR count).